The van der Waals surface area contributed by atoms with E-state index in [1.807, 2.05) is 11.4 Å². The largest absolute Gasteiger partial charge is 0.492 e. The highest BCUT2D eigenvalue weighted by atomic mass is 32.1. The van der Waals surface area contributed by atoms with Gasteiger partial charge >= 0.3 is 5.97 Å². The molecule has 3 nitrogen and oxygen atoms in total. The molecule has 1 heterocycles. The first-order chi connectivity index (χ1) is 9.29. The molecule has 0 unspecified atom stereocenters. The molecule has 0 amide bonds. The van der Waals surface area contributed by atoms with E-state index >= 15 is 0 Å². The highest BCUT2D eigenvalue weighted by Gasteiger charge is 2.14. The van der Waals surface area contributed by atoms with E-state index in [2.05, 4.69) is 6.92 Å². The van der Waals surface area contributed by atoms with Crippen molar-refractivity contribution in [2.24, 2.45) is 0 Å². The molecule has 0 fully saturated rings. The van der Waals surface area contributed by atoms with Crippen molar-refractivity contribution in [1.82, 2.24) is 0 Å². The zero-order valence-corrected chi connectivity index (χ0v) is 12.8. The van der Waals surface area contributed by atoms with Crippen LogP contribution in [-0.4, -0.2) is 19.7 Å². The van der Waals surface area contributed by atoms with E-state index in [9.17, 15) is 4.79 Å². The van der Waals surface area contributed by atoms with Crippen molar-refractivity contribution >= 4 is 17.3 Å². The lowest BCUT2D eigenvalue weighted by Crippen LogP contribution is -2.03. The summed E-state index contributed by atoms with van der Waals surface area (Å²) in [5.41, 5.74) is 0. The van der Waals surface area contributed by atoms with Crippen molar-refractivity contribution in [3.05, 3.63) is 16.3 Å². The lowest BCUT2D eigenvalue weighted by molar-refractivity contribution is 0.0602. The Morgan fingerprint density at radius 3 is 2.53 bits per heavy atom. The van der Waals surface area contributed by atoms with Gasteiger partial charge in [0.1, 0.15) is 5.75 Å². The second kappa shape index (κ2) is 9.84. The summed E-state index contributed by atoms with van der Waals surface area (Å²) in [5.74, 6) is 0.340. The standard InChI is InChI=1S/C15H24O3S/c1-3-4-5-6-7-8-9-11-18-13-10-12-19-14(13)15(16)17-2/h10,12H,3-9,11H2,1-2H3. The fraction of sp³-hybridized carbons (Fsp3) is 0.667. The molecule has 0 aliphatic heterocycles. The van der Waals surface area contributed by atoms with Gasteiger partial charge in [0, 0.05) is 0 Å². The van der Waals surface area contributed by atoms with Gasteiger partial charge in [-0.15, -0.1) is 11.3 Å². The van der Waals surface area contributed by atoms with Crippen LogP contribution in [0.4, 0.5) is 0 Å². The van der Waals surface area contributed by atoms with E-state index in [0.29, 0.717) is 17.2 Å². The number of rotatable bonds is 10. The molecule has 1 aromatic heterocycles. The highest BCUT2D eigenvalue weighted by molar-refractivity contribution is 7.12. The third-order valence-corrected chi connectivity index (χ3v) is 3.88. The smallest absolute Gasteiger partial charge is 0.351 e. The fourth-order valence-corrected chi connectivity index (χ4v) is 2.64. The van der Waals surface area contributed by atoms with Gasteiger partial charge in [0.15, 0.2) is 4.88 Å². The van der Waals surface area contributed by atoms with Crippen molar-refractivity contribution in [3.8, 4) is 5.75 Å². The molecular weight excluding hydrogens is 260 g/mol. The molecule has 0 spiro atoms. The lowest BCUT2D eigenvalue weighted by Gasteiger charge is -2.06. The van der Waals surface area contributed by atoms with Gasteiger partial charge in [-0.1, -0.05) is 45.4 Å². The molecule has 4 heteroatoms. The first-order valence-corrected chi connectivity index (χ1v) is 7.96. The Balaban J connectivity index is 2.13. The minimum atomic E-state index is -0.315. The Morgan fingerprint density at radius 2 is 1.84 bits per heavy atom. The Kier molecular flexibility index (Phi) is 8.30. The van der Waals surface area contributed by atoms with Crippen LogP contribution in [0.3, 0.4) is 0 Å². The summed E-state index contributed by atoms with van der Waals surface area (Å²) in [7, 11) is 1.39. The third kappa shape index (κ3) is 6.10. The number of thiophene rings is 1. The van der Waals surface area contributed by atoms with Gasteiger partial charge in [0.25, 0.3) is 0 Å². The molecule has 0 aliphatic carbocycles. The molecule has 1 aromatic rings. The molecule has 0 radical (unpaired) electrons. The maximum Gasteiger partial charge on any atom is 0.351 e. The normalized spacial score (nSPS) is 10.4. The van der Waals surface area contributed by atoms with E-state index < -0.39 is 0 Å². The first kappa shape index (κ1) is 16.0. The van der Waals surface area contributed by atoms with Crippen LogP contribution in [0.15, 0.2) is 11.4 Å². The predicted octanol–water partition coefficient (Wildman–Crippen LogP) is 4.66. The first-order valence-electron chi connectivity index (χ1n) is 7.08. The molecule has 0 aromatic carbocycles. The minimum absolute atomic E-state index is 0.315. The second-order valence-corrected chi connectivity index (χ2v) is 5.49. The topological polar surface area (TPSA) is 35.5 Å². The Hall–Kier alpha value is -1.03. The third-order valence-electron chi connectivity index (χ3n) is 3.01. The van der Waals surface area contributed by atoms with Gasteiger partial charge in [-0.05, 0) is 17.9 Å². The van der Waals surface area contributed by atoms with Crippen molar-refractivity contribution in [2.75, 3.05) is 13.7 Å². The van der Waals surface area contributed by atoms with Gasteiger partial charge in [0.2, 0.25) is 0 Å². The molecule has 108 valence electrons. The van der Waals surface area contributed by atoms with Crippen LogP contribution in [-0.2, 0) is 4.74 Å². The maximum atomic E-state index is 11.4. The van der Waals surface area contributed by atoms with Crippen LogP contribution < -0.4 is 4.74 Å². The lowest BCUT2D eigenvalue weighted by atomic mass is 10.1. The molecule has 0 atom stereocenters. The van der Waals surface area contributed by atoms with Crippen LogP contribution in [0.2, 0.25) is 0 Å². The van der Waals surface area contributed by atoms with E-state index in [-0.39, 0.29) is 5.97 Å². The Labute approximate surface area is 119 Å². The SMILES string of the molecule is CCCCCCCCCOc1ccsc1C(=O)OC. The Bertz CT molecular complexity index is 360. The summed E-state index contributed by atoms with van der Waals surface area (Å²) in [6.45, 7) is 2.90. The predicted molar refractivity (Wildman–Crippen MR) is 79.1 cm³/mol. The molecule has 19 heavy (non-hydrogen) atoms. The molecular formula is C15H24O3S. The number of ether oxygens (including phenoxy) is 2. The summed E-state index contributed by atoms with van der Waals surface area (Å²) < 4.78 is 10.3. The average Bonchev–Trinajstić information content (AvgIpc) is 2.89. The van der Waals surface area contributed by atoms with Crippen LogP contribution in [0.1, 0.15) is 61.5 Å². The van der Waals surface area contributed by atoms with Gasteiger partial charge in [-0.25, -0.2) is 4.79 Å². The number of hydrogen-bond donors (Lipinski definition) is 0. The quantitative estimate of drug-likeness (QED) is 0.463. The number of carbonyl (C=O) groups excluding carboxylic acids is 1. The number of esters is 1. The summed E-state index contributed by atoms with van der Waals surface area (Å²) >= 11 is 1.36. The molecule has 0 bridgehead atoms. The van der Waals surface area contributed by atoms with Crippen LogP contribution in [0.5, 0.6) is 5.75 Å². The number of carbonyl (C=O) groups is 1. The maximum absolute atomic E-state index is 11.4. The van der Waals surface area contributed by atoms with E-state index in [1.54, 1.807) is 0 Å². The number of unbranched alkanes of at least 4 members (excludes halogenated alkanes) is 6. The molecule has 0 saturated carbocycles. The summed E-state index contributed by atoms with van der Waals surface area (Å²) in [5, 5.41) is 1.85. The van der Waals surface area contributed by atoms with Gasteiger partial charge in [-0.2, -0.15) is 0 Å². The number of hydrogen-bond acceptors (Lipinski definition) is 4. The van der Waals surface area contributed by atoms with E-state index in [0.717, 1.165) is 6.42 Å². The number of methoxy groups -OCH3 is 1. The van der Waals surface area contributed by atoms with Crippen LogP contribution >= 0.6 is 11.3 Å². The summed E-state index contributed by atoms with van der Waals surface area (Å²) in [6.07, 6.45) is 8.81. The van der Waals surface area contributed by atoms with Crippen molar-refractivity contribution in [1.29, 1.82) is 0 Å². The zero-order chi connectivity index (χ0) is 13.9. The van der Waals surface area contributed by atoms with Crippen LogP contribution in [0.25, 0.3) is 0 Å². The van der Waals surface area contributed by atoms with Crippen LogP contribution in [0, 0.1) is 0 Å². The molecule has 1 rings (SSSR count). The van der Waals surface area contributed by atoms with Gasteiger partial charge in [0.05, 0.1) is 13.7 Å². The molecule has 0 N–H and O–H groups in total. The molecule has 0 saturated heterocycles. The van der Waals surface area contributed by atoms with Gasteiger partial charge < -0.3 is 9.47 Å². The minimum Gasteiger partial charge on any atom is -0.492 e. The Morgan fingerprint density at radius 1 is 1.16 bits per heavy atom. The zero-order valence-electron chi connectivity index (χ0n) is 11.9. The van der Waals surface area contributed by atoms with E-state index in [4.69, 9.17) is 9.47 Å². The van der Waals surface area contributed by atoms with Crippen molar-refractivity contribution in [3.63, 3.8) is 0 Å². The fourth-order valence-electron chi connectivity index (χ4n) is 1.89. The summed E-state index contributed by atoms with van der Waals surface area (Å²) in [4.78, 5) is 12.0. The monoisotopic (exact) mass is 284 g/mol. The summed E-state index contributed by atoms with van der Waals surface area (Å²) in [6, 6.07) is 1.83. The van der Waals surface area contributed by atoms with Gasteiger partial charge in [-0.3, -0.25) is 0 Å². The average molecular weight is 284 g/mol. The molecule has 0 aliphatic rings. The van der Waals surface area contributed by atoms with Crippen molar-refractivity contribution < 1.29 is 14.3 Å². The highest BCUT2D eigenvalue weighted by Crippen LogP contribution is 2.25. The second-order valence-electron chi connectivity index (χ2n) is 4.58. The van der Waals surface area contributed by atoms with Crippen molar-refractivity contribution in [2.45, 2.75) is 51.9 Å². The van der Waals surface area contributed by atoms with E-state index in [1.165, 1.54) is 57.0 Å².